The Balaban J connectivity index is 1.54. The first-order valence-corrected chi connectivity index (χ1v) is 9.29. The number of ether oxygens (including phenoxy) is 1. The molecular weight excluding hydrogens is 416 g/mol. The van der Waals surface area contributed by atoms with Gasteiger partial charge in [-0.05, 0) is 29.8 Å². The van der Waals surface area contributed by atoms with Crippen molar-refractivity contribution in [2.75, 3.05) is 13.6 Å². The highest BCUT2D eigenvalue weighted by Gasteiger charge is 2.53. The van der Waals surface area contributed by atoms with Gasteiger partial charge in [0.1, 0.15) is 28.6 Å². The summed E-state index contributed by atoms with van der Waals surface area (Å²) in [5, 5.41) is 12.2. The molecule has 4 heterocycles. The van der Waals surface area contributed by atoms with Crippen LogP contribution in [0, 0.1) is 5.41 Å². The number of furan rings is 1. The number of nitrogens with zero attached hydrogens (tertiary/aromatic N) is 2. The Hall–Kier alpha value is -4.41. The Morgan fingerprint density at radius 3 is 2.97 bits per heavy atom. The minimum atomic E-state index is -2.71. The summed E-state index contributed by atoms with van der Waals surface area (Å²) in [5.41, 5.74) is 3.89. The highest BCUT2D eigenvalue weighted by atomic mass is 16.5. The van der Waals surface area contributed by atoms with E-state index in [1.807, 2.05) is 0 Å². The van der Waals surface area contributed by atoms with Crippen LogP contribution in [0.15, 0.2) is 40.8 Å². The minimum Gasteiger partial charge on any atom is -0.497 e. The van der Waals surface area contributed by atoms with Crippen LogP contribution in [-0.4, -0.2) is 47.1 Å². The quantitative estimate of drug-likeness (QED) is 0.259. The molecule has 11 heteroatoms. The summed E-state index contributed by atoms with van der Waals surface area (Å²) in [6.45, 7) is -0.339. The van der Waals surface area contributed by atoms with Crippen molar-refractivity contribution in [1.82, 2.24) is 20.5 Å². The molecule has 2 aromatic heterocycles. The van der Waals surface area contributed by atoms with Crippen LogP contribution in [-0.2, 0) is 16.9 Å². The Kier molecular flexibility index (Phi) is 3.10. The van der Waals surface area contributed by atoms with Crippen molar-refractivity contribution in [3.8, 4) is 5.75 Å². The molecular formula is C21H18N6O5. The van der Waals surface area contributed by atoms with Crippen LogP contribution in [0.1, 0.15) is 34.2 Å². The number of urea groups is 1. The lowest BCUT2D eigenvalue weighted by molar-refractivity contribution is -0.125. The first kappa shape index (κ1) is 14.6. The normalized spacial score (nSPS) is 22.4. The molecule has 1 saturated heterocycles. The van der Waals surface area contributed by atoms with Crippen molar-refractivity contribution in [3.63, 3.8) is 0 Å². The van der Waals surface area contributed by atoms with Gasteiger partial charge < -0.3 is 25.1 Å². The molecule has 1 atom stereocenters. The van der Waals surface area contributed by atoms with E-state index in [1.165, 1.54) is 29.2 Å². The molecule has 162 valence electrons. The summed E-state index contributed by atoms with van der Waals surface area (Å²) >= 11 is 0. The van der Waals surface area contributed by atoms with Crippen molar-refractivity contribution in [1.29, 1.82) is 5.41 Å². The predicted molar refractivity (Wildman–Crippen MR) is 111 cm³/mol. The molecule has 11 nitrogen and oxygen atoms in total. The zero-order valence-corrected chi connectivity index (χ0v) is 16.2. The lowest BCUT2D eigenvalue weighted by Gasteiger charge is -2.28. The second kappa shape index (κ2) is 6.80. The number of pyridine rings is 1. The van der Waals surface area contributed by atoms with Crippen molar-refractivity contribution in [2.45, 2.75) is 12.1 Å². The number of hydrogen-bond acceptors (Lipinski definition) is 7. The largest absolute Gasteiger partial charge is 0.497 e. The van der Waals surface area contributed by atoms with Gasteiger partial charge in [-0.2, -0.15) is 0 Å². The number of carbonyl (C=O) groups is 3. The molecule has 4 amide bonds. The third-order valence-corrected chi connectivity index (χ3v) is 5.36. The summed E-state index contributed by atoms with van der Waals surface area (Å²) in [7, 11) is -2.71. The Morgan fingerprint density at radius 2 is 2.25 bits per heavy atom. The van der Waals surface area contributed by atoms with E-state index in [0.717, 1.165) is 0 Å². The number of methoxy groups -OCH3 is 1. The fraction of sp³-hybridized carbons (Fsp3) is 0.190. The van der Waals surface area contributed by atoms with Crippen molar-refractivity contribution in [3.05, 3.63) is 58.9 Å². The number of aromatic nitrogens is 1. The van der Waals surface area contributed by atoms with Gasteiger partial charge in [0.05, 0.1) is 20.4 Å². The molecule has 0 radical (unpaired) electrons. The predicted octanol–water partition coefficient (Wildman–Crippen LogP) is 0.811. The van der Waals surface area contributed by atoms with Crippen LogP contribution in [0.3, 0.4) is 0 Å². The van der Waals surface area contributed by atoms with E-state index in [1.54, 1.807) is 0 Å². The molecule has 2 aliphatic heterocycles. The maximum atomic E-state index is 13.2. The molecule has 1 aromatic carbocycles. The average molecular weight is 439 g/mol. The van der Waals surface area contributed by atoms with Gasteiger partial charge in [-0.3, -0.25) is 20.3 Å². The zero-order valence-electron chi connectivity index (χ0n) is 21.2. The van der Waals surface area contributed by atoms with Crippen LogP contribution in [0.25, 0.3) is 11.1 Å². The summed E-state index contributed by atoms with van der Waals surface area (Å²) in [5.74, 6) is -2.08. The van der Waals surface area contributed by atoms with Gasteiger partial charge in [0.15, 0.2) is 11.1 Å². The number of nitrogens with two attached hydrogens (primary N) is 1. The van der Waals surface area contributed by atoms with Gasteiger partial charge in [0, 0.05) is 18.2 Å². The Bertz CT molecular complexity index is 1540. The van der Waals surface area contributed by atoms with Gasteiger partial charge in [-0.15, -0.1) is 0 Å². The second-order valence-corrected chi connectivity index (χ2v) is 7.34. The van der Waals surface area contributed by atoms with Gasteiger partial charge in [-0.25, -0.2) is 9.78 Å². The van der Waals surface area contributed by atoms with Crippen molar-refractivity contribution >= 4 is 34.8 Å². The first-order chi connectivity index (χ1) is 17.3. The van der Waals surface area contributed by atoms with E-state index in [0.29, 0.717) is 5.56 Å². The standard InChI is InChI=1S/C21H18N6O5/c1-31-11-3-2-10-8-27(18(28)12(10)6-11)9-21(19(29)25-20(30)26-21)16-7-14-15(32-16)5-4-13(24-14)17(22)23/h2-7H,8-9H2,1H3,(H3,22,23)(H2,25,26,29,30)/t21-/m0/s1/i1D3,4D,5D. The molecule has 3 aromatic rings. The third kappa shape index (κ3) is 2.86. The summed E-state index contributed by atoms with van der Waals surface area (Å²) in [4.78, 5) is 43.8. The fourth-order valence-corrected chi connectivity index (χ4v) is 3.83. The summed E-state index contributed by atoms with van der Waals surface area (Å²) in [6.07, 6.45) is 0. The smallest absolute Gasteiger partial charge is 0.322 e. The summed E-state index contributed by atoms with van der Waals surface area (Å²) in [6, 6.07) is 3.80. The zero-order chi connectivity index (χ0) is 26.9. The molecule has 2 aliphatic rings. The number of amidine groups is 1. The van der Waals surface area contributed by atoms with E-state index < -0.39 is 48.3 Å². The highest BCUT2D eigenvalue weighted by molar-refractivity contribution is 6.08. The molecule has 32 heavy (non-hydrogen) atoms. The molecule has 5 rings (SSSR count). The molecule has 0 saturated carbocycles. The lowest BCUT2D eigenvalue weighted by Crippen LogP contribution is -2.52. The number of nitrogens with one attached hydrogen (secondary N) is 3. The monoisotopic (exact) mass is 439 g/mol. The van der Waals surface area contributed by atoms with E-state index >= 15 is 0 Å². The summed E-state index contributed by atoms with van der Waals surface area (Å²) < 4.78 is 48.6. The molecule has 0 unspecified atom stereocenters. The van der Waals surface area contributed by atoms with Crippen molar-refractivity contribution in [2.24, 2.45) is 5.73 Å². The lowest BCUT2D eigenvalue weighted by atomic mass is 9.95. The maximum Gasteiger partial charge on any atom is 0.322 e. The van der Waals surface area contributed by atoms with Crippen LogP contribution >= 0.6 is 0 Å². The van der Waals surface area contributed by atoms with Crippen LogP contribution in [0.5, 0.6) is 5.75 Å². The van der Waals surface area contributed by atoms with E-state index in [9.17, 15) is 14.4 Å². The van der Waals surface area contributed by atoms with Gasteiger partial charge in [0.25, 0.3) is 11.8 Å². The van der Waals surface area contributed by atoms with Gasteiger partial charge >= 0.3 is 6.03 Å². The van der Waals surface area contributed by atoms with Crippen LogP contribution in [0.2, 0.25) is 0 Å². The van der Waals surface area contributed by atoms with Gasteiger partial charge in [0.2, 0.25) is 0 Å². The van der Waals surface area contributed by atoms with Crippen LogP contribution < -0.4 is 21.1 Å². The number of hydrogen-bond donors (Lipinski definition) is 4. The fourth-order valence-electron chi connectivity index (χ4n) is 3.83. The number of amides is 4. The third-order valence-electron chi connectivity index (χ3n) is 5.36. The number of benzene rings is 1. The van der Waals surface area contributed by atoms with E-state index in [4.69, 9.17) is 27.2 Å². The molecule has 5 N–H and O–H groups in total. The average Bonchev–Trinajstić information content (AvgIpc) is 3.44. The SMILES string of the molecule is [2H]c1c(C(=N)N)nc2cc([C@]3(CN4Cc5ccc(OC([2H])([2H])[2H])cc5C4=O)NC(=O)NC3=O)oc2c1[2H]. The molecule has 1 fully saturated rings. The number of rotatable bonds is 5. The topological polar surface area (TPSA) is 164 Å². The van der Waals surface area contributed by atoms with Crippen LogP contribution in [0.4, 0.5) is 4.79 Å². The molecule has 0 spiro atoms. The number of nitrogen functional groups attached to an aromatic ring is 1. The van der Waals surface area contributed by atoms with Crippen molar-refractivity contribution < 1.29 is 30.4 Å². The van der Waals surface area contributed by atoms with Gasteiger partial charge in [-0.1, -0.05) is 6.07 Å². The molecule has 0 bridgehead atoms. The number of imide groups is 1. The number of fused-ring (bicyclic) bond motifs is 2. The van der Waals surface area contributed by atoms with E-state index in [-0.39, 0.29) is 47.0 Å². The van der Waals surface area contributed by atoms with E-state index in [2.05, 4.69) is 15.6 Å². The minimum absolute atomic E-state index is 0.0250. The number of carbonyl (C=O) groups excluding carboxylic acids is 3. The molecule has 0 aliphatic carbocycles. The second-order valence-electron chi connectivity index (χ2n) is 7.34. The Morgan fingerprint density at radius 1 is 1.41 bits per heavy atom. The first-order valence-electron chi connectivity index (χ1n) is 11.8. The highest BCUT2D eigenvalue weighted by Crippen LogP contribution is 2.34. The maximum absolute atomic E-state index is 13.2. The Labute approximate surface area is 188 Å².